The highest BCUT2D eigenvalue weighted by atomic mass is 32.1. The summed E-state index contributed by atoms with van der Waals surface area (Å²) in [4.78, 5) is 44.6. The normalized spacial score (nSPS) is 20.6. The zero-order valence-electron chi connectivity index (χ0n) is 61.6. The number of allylic oxidation sites excluding steroid dienone is 3. The van der Waals surface area contributed by atoms with Crippen molar-refractivity contribution in [3.63, 3.8) is 0 Å². The number of aryl methyl sites for hydroxylation is 4. The van der Waals surface area contributed by atoms with Gasteiger partial charge in [-0.3, -0.25) is 4.79 Å². The third-order valence-corrected chi connectivity index (χ3v) is 26.5. The minimum absolute atomic E-state index is 0.0488. The number of hydrogen-bond acceptors (Lipinski definition) is 18. The van der Waals surface area contributed by atoms with Crippen molar-refractivity contribution in [2.75, 3.05) is 39.3 Å². The van der Waals surface area contributed by atoms with Gasteiger partial charge in [-0.2, -0.15) is 0 Å². The average molecular weight is 1470 g/mol. The molecule has 4 atom stereocenters. The number of ether oxygens (including phenoxy) is 2. The van der Waals surface area contributed by atoms with Gasteiger partial charge in [-0.25, -0.2) is 19.0 Å². The maximum Gasteiger partial charge on any atom is 0.344 e. The van der Waals surface area contributed by atoms with Gasteiger partial charge in [0, 0.05) is 53.8 Å². The Hall–Kier alpha value is -8.21. The number of hydrogen-bond donors (Lipinski definition) is 6. The molecule has 564 valence electrons. The predicted octanol–water partition coefficient (Wildman–Crippen LogP) is 14.2. The summed E-state index contributed by atoms with van der Waals surface area (Å²) < 4.78 is 16.1. The number of aliphatic hydroxyl groups is 4. The fourth-order valence-corrected chi connectivity index (χ4v) is 20.0. The summed E-state index contributed by atoms with van der Waals surface area (Å²) in [5, 5.41) is 85.8. The first-order valence-corrected chi connectivity index (χ1v) is 40.5. The molecule has 0 radical (unpaired) electrons. The number of phenols is 2. The van der Waals surface area contributed by atoms with Crippen LogP contribution in [-0.4, -0.2) is 140 Å². The third-order valence-electron chi connectivity index (χ3n) is 25.5. The number of carbonyl (C=O) groups excluding carboxylic acids is 3. The number of piperidine rings is 2. The molecule has 2 aliphatic heterocycles. The Morgan fingerprint density at radius 3 is 1.53 bits per heavy atom. The Morgan fingerprint density at radius 2 is 1.04 bits per heavy atom. The summed E-state index contributed by atoms with van der Waals surface area (Å²) in [7, 11) is 0. The number of thiophene rings is 1. The lowest BCUT2D eigenvalue weighted by atomic mass is 9.61. The maximum absolute atomic E-state index is 13.5. The molecular formula is C87H104N8O11S. The SMILES string of the molecule is C=C1C=Cc2c([C@@H](O)CCCc3ccc4c(c3)nnn4CCCN3CCC4(CC3)CC(OC(=O)C(O)(c3cccs3)C3CCCC3)C4)ccc(O)c2C1.O=C1C=Cc2c([C@@H](O)CCCc3ccc4c(c3)nnn4CCCN3CCC4(CC3)CC(OC(=O)C(O)(c3ccccc3)C3CCCC3)C4)ccc(O)c2C1. The molecule has 8 aromatic rings. The van der Waals surface area contributed by atoms with E-state index in [-0.39, 0.29) is 58.6 Å². The maximum atomic E-state index is 13.5. The van der Waals surface area contributed by atoms with Gasteiger partial charge in [0.1, 0.15) is 34.7 Å². The van der Waals surface area contributed by atoms with Crippen LogP contribution in [0.3, 0.4) is 0 Å². The second-order valence-electron chi connectivity index (χ2n) is 32.5. The number of esters is 2. The summed E-state index contributed by atoms with van der Waals surface area (Å²) in [5.74, 6) is -0.745. The Balaban J connectivity index is 0.000000171. The Morgan fingerprint density at radius 1 is 0.561 bits per heavy atom. The summed E-state index contributed by atoms with van der Waals surface area (Å²) in [6.45, 7) is 11.8. The van der Waals surface area contributed by atoms with Crippen molar-refractivity contribution in [2.45, 2.75) is 216 Å². The van der Waals surface area contributed by atoms with Crippen LogP contribution < -0.4 is 0 Å². The molecule has 8 aliphatic rings. The smallest absolute Gasteiger partial charge is 0.344 e. The second kappa shape index (κ2) is 32.2. The van der Waals surface area contributed by atoms with Gasteiger partial charge >= 0.3 is 11.9 Å². The first kappa shape index (κ1) is 74.3. The van der Waals surface area contributed by atoms with Crippen LogP contribution in [0.1, 0.15) is 208 Å². The number of rotatable bonds is 26. The fourth-order valence-electron chi connectivity index (χ4n) is 19.1. The molecule has 2 spiro atoms. The molecule has 16 rings (SSSR count). The number of nitrogens with zero attached hydrogens (tertiary/aromatic N) is 8. The van der Waals surface area contributed by atoms with E-state index in [2.05, 4.69) is 73.4 Å². The van der Waals surface area contributed by atoms with Crippen molar-refractivity contribution in [2.24, 2.45) is 22.7 Å². The highest BCUT2D eigenvalue weighted by Gasteiger charge is 2.55. The molecular weight excluding hydrogens is 1370 g/mol. The minimum Gasteiger partial charge on any atom is -0.508 e. The number of fused-ring (bicyclic) bond motifs is 4. The molecule has 0 bridgehead atoms. The van der Waals surface area contributed by atoms with Gasteiger partial charge in [0.15, 0.2) is 17.0 Å². The molecule has 19 nitrogen and oxygen atoms in total. The number of aliphatic hydroxyl groups excluding tert-OH is 2. The number of ketones is 1. The number of aromatic nitrogens is 6. The Kier molecular flexibility index (Phi) is 22.3. The first-order valence-electron chi connectivity index (χ1n) is 39.6. The molecule has 20 heteroatoms. The average Bonchev–Trinajstić information content (AvgIpc) is 1.43. The third kappa shape index (κ3) is 16.0. The lowest BCUT2D eigenvalue weighted by Gasteiger charge is -2.52. The molecule has 6 N–H and O–H groups in total. The van der Waals surface area contributed by atoms with E-state index in [0.29, 0.717) is 30.4 Å². The molecule has 2 unspecified atom stereocenters. The highest BCUT2D eigenvalue weighted by Crippen LogP contribution is 2.54. The van der Waals surface area contributed by atoms with Crippen LogP contribution in [0, 0.1) is 22.7 Å². The number of carbonyl (C=O) groups is 3. The van der Waals surface area contributed by atoms with Crippen LogP contribution in [0.2, 0.25) is 0 Å². The van der Waals surface area contributed by atoms with Crippen LogP contribution in [0.25, 0.3) is 34.2 Å². The van der Waals surface area contributed by atoms with E-state index in [1.807, 2.05) is 75.4 Å². The van der Waals surface area contributed by atoms with Crippen molar-refractivity contribution < 1.29 is 54.5 Å². The topological polar surface area (TPSA) is 259 Å². The van der Waals surface area contributed by atoms with Gasteiger partial charge in [-0.15, -0.1) is 21.5 Å². The first-order chi connectivity index (χ1) is 51.9. The number of aromatic hydroxyl groups is 2. The number of likely N-dealkylation sites (tertiary alicyclic amines) is 2. The number of phenolic OH excluding ortho intramolecular Hbond substituents is 2. The molecule has 107 heavy (non-hydrogen) atoms. The zero-order chi connectivity index (χ0) is 73.9. The summed E-state index contributed by atoms with van der Waals surface area (Å²) >= 11 is 1.45. The standard InChI is InChI=1S/C44H52N4O6.C43H52N4O5S/c49-33-15-16-35-36(17-19-41(51)37(35)27-33)40(50)13-6-8-30-14-18-39-38(26-30)45-46-48(39)23-7-22-47-24-20-43(21-25-47)28-34(29-43)54-42(52)44(53,32-11-4-5-12-32)31-9-2-1-3-10-31;1-29-12-14-33-34(15-17-39(49)35(33)25-29)38(48)10-4-7-30-13-16-37-36(26-30)44-45-47(37)21-6-20-46-22-18-42(19-23-46)27-32(28-42)52-41(50)43(51,31-8-2-3-9-31)40-11-5-24-53-40/h1-3,9-10,14-19,26,32,34,40,50-51,53H,4-8,11-13,20-25,27-29H2;5,11-17,24,26,31-32,38,48-49,51H,1-4,6-10,18-23,25,27-28H2/t40-,44?;38-,43?/m00/s1. The van der Waals surface area contributed by atoms with E-state index >= 15 is 0 Å². The Labute approximate surface area is 631 Å². The van der Waals surface area contributed by atoms with Crippen molar-refractivity contribution in [1.29, 1.82) is 0 Å². The summed E-state index contributed by atoms with van der Waals surface area (Å²) in [5.41, 5.74) is 9.91. The molecule has 3 aromatic heterocycles. The quantitative estimate of drug-likeness (QED) is 0.0275. The lowest BCUT2D eigenvalue weighted by molar-refractivity contribution is -0.193. The molecule has 5 aromatic carbocycles. The van der Waals surface area contributed by atoms with Gasteiger partial charge in [-0.05, 0) is 271 Å². The Bertz CT molecular complexity index is 4540. The van der Waals surface area contributed by atoms with E-state index in [1.165, 1.54) is 23.0 Å². The van der Waals surface area contributed by atoms with Crippen molar-refractivity contribution >= 4 is 63.3 Å². The minimum atomic E-state index is -1.56. The monoisotopic (exact) mass is 1470 g/mol. The van der Waals surface area contributed by atoms with E-state index in [0.717, 1.165) is 260 Å². The largest absolute Gasteiger partial charge is 0.508 e. The predicted molar refractivity (Wildman–Crippen MR) is 413 cm³/mol. The fraction of sp³-hybridized carbons (Fsp3) is 0.506. The zero-order valence-corrected chi connectivity index (χ0v) is 62.4. The van der Waals surface area contributed by atoms with Gasteiger partial charge in [0.2, 0.25) is 0 Å². The lowest BCUT2D eigenvalue weighted by Crippen LogP contribution is -2.52. The van der Waals surface area contributed by atoms with Crippen LogP contribution in [0.5, 0.6) is 11.5 Å². The summed E-state index contributed by atoms with van der Waals surface area (Å²) in [6.07, 6.45) is 28.5. The van der Waals surface area contributed by atoms with E-state index < -0.39 is 35.3 Å². The summed E-state index contributed by atoms with van der Waals surface area (Å²) in [6, 6.07) is 32.7. The van der Waals surface area contributed by atoms with Crippen molar-refractivity contribution in [3.8, 4) is 11.5 Å². The van der Waals surface area contributed by atoms with Crippen molar-refractivity contribution in [3.05, 3.63) is 188 Å². The molecule has 6 aliphatic carbocycles. The molecule has 2 saturated heterocycles. The van der Waals surface area contributed by atoms with Crippen LogP contribution >= 0.6 is 11.3 Å². The molecule has 6 fully saturated rings. The van der Waals surface area contributed by atoms with E-state index in [9.17, 15) is 45.0 Å². The molecule has 4 saturated carbocycles. The van der Waals surface area contributed by atoms with Gasteiger partial charge in [0.05, 0.1) is 23.2 Å². The number of benzene rings is 5. The van der Waals surface area contributed by atoms with Crippen LogP contribution in [0.15, 0.2) is 133 Å². The van der Waals surface area contributed by atoms with Gasteiger partial charge < -0.3 is 49.9 Å². The van der Waals surface area contributed by atoms with Crippen molar-refractivity contribution in [1.82, 2.24) is 39.8 Å². The molecule has 0 amide bonds. The van der Waals surface area contributed by atoms with Gasteiger partial charge in [0.25, 0.3) is 0 Å². The van der Waals surface area contributed by atoms with Gasteiger partial charge in [-0.1, -0.05) is 127 Å². The molecule has 5 heterocycles. The van der Waals surface area contributed by atoms with Crippen LogP contribution in [0.4, 0.5) is 0 Å². The van der Waals surface area contributed by atoms with E-state index in [1.54, 1.807) is 24.3 Å². The second-order valence-corrected chi connectivity index (χ2v) is 33.4. The van der Waals surface area contributed by atoms with Crippen LogP contribution in [-0.2, 0) is 73.8 Å². The highest BCUT2D eigenvalue weighted by molar-refractivity contribution is 7.10. The van der Waals surface area contributed by atoms with E-state index in [4.69, 9.17) is 9.47 Å².